The van der Waals surface area contributed by atoms with Gasteiger partial charge in [-0.2, -0.15) is 0 Å². The van der Waals surface area contributed by atoms with E-state index in [1.165, 1.54) is 19.3 Å². The molecule has 0 bridgehead atoms. The fourth-order valence-electron chi connectivity index (χ4n) is 1.35. The van der Waals surface area contributed by atoms with Crippen LogP contribution in [0.5, 0.6) is 0 Å². The van der Waals surface area contributed by atoms with Gasteiger partial charge >= 0.3 is 11.9 Å². The molecule has 0 aromatic heterocycles. The van der Waals surface area contributed by atoms with E-state index in [0.717, 1.165) is 12.8 Å². The maximum atomic E-state index is 11.1. The Bertz CT molecular complexity index is 332. The summed E-state index contributed by atoms with van der Waals surface area (Å²) in [5.41, 5.74) is 1.06. The second kappa shape index (κ2) is 14.8. The van der Waals surface area contributed by atoms with Crippen molar-refractivity contribution in [3.63, 3.8) is 0 Å². The fourth-order valence-corrected chi connectivity index (χ4v) is 1.35. The van der Waals surface area contributed by atoms with Gasteiger partial charge in [0.25, 0.3) is 0 Å². The van der Waals surface area contributed by atoms with E-state index in [1.807, 2.05) is 6.92 Å². The normalized spacial score (nSPS) is 9.14. The van der Waals surface area contributed by atoms with E-state index < -0.39 is 0 Å². The van der Waals surface area contributed by atoms with Crippen molar-refractivity contribution >= 4 is 11.9 Å². The molecule has 0 saturated heterocycles. The van der Waals surface area contributed by atoms with E-state index in [4.69, 9.17) is 4.74 Å². The highest BCUT2D eigenvalue weighted by atomic mass is 16.5. The number of unbranched alkanes of at least 4 members (excludes halogenated alkanes) is 3. The minimum absolute atomic E-state index is 0.237. The van der Waals surface area contributed by atoms with Gasteiger partial charge < -0.3 is 9.47 Å². The molecule has 0 unspecified atom stereocenters. The van der Waals surface area contributed by atoms with Crippen LogP contribution in [0.3, 0.4) is 0 Å². The average molecular weight is 298 g/mol. The molecule has 0 spiro atoms. The fraction of sp³-hybridized carbons (Fsp3) is 0.647. The van der Waals surface area contributed by atoms with Crippen LogP contribution in [0.2, 0.25) is 0 Å². The number of carbonyl (C=O) groups excluding carboxylic acids is 2. The molecule has 0 N–H and O–H groups in total. The first kappa shape index (κ1) is 21.7. The summed E-state index contributed by atoms with van der Waals surface area (Å²) in [6.07, 6.45) is 5.45. The van der Waals surface area contributed by atoms with Gasteiger partial charge in [-0.3, -0.25) is 0 Å². The summed E-state index contributed by atoms with van der Waals surface area (Å²) in [5, 5.41) is 0. The first-order chi connectivity index (χ1) is 9.90. The van der Waals surface area contributed by atoms with Crippen molar-refractivity contribution in [2.75, 3.05) is 13.2 Å². The molecule has 21 heavy (non-hydrogen) atoms. The minimum atomic E-state index is -0.312. The van der Waals surface area contributed by atoms with Crippen LogP contribution in [0.25, 0.3) is 0 Å². The first-order valence-electron chi connectivity index (χ1n) is 7.58. The lowest BCUT2D eigenvalue weighted by Gasteiger charge is -2.04. The van der Waals surface area contributed by atoms with Gasteiger partial charge in [0.1, 0.15) is 0 Å². The molecule has 0 aliphatic carbocycles. The Morgan fingerprint density at radius 2 is 1.38 bits per heavy atom. The van der Waals surface area contributed by atoms with Gasteiger partial charge in [0, 0.05) is 11.1 Å². The van der Waals surface area contributed by atoms with Crippen LogP contribution in [-0.4, -0.2) is 25.2 Å². The molecule has 0 aromatic carbocycles. The van der Waals surface area contributed by atoms with Crippen LogP contribution in [-0.2, 0) is 19.1 Å². The SMILES string of the molecule is C=C(C)C(=O)OCC.C=C(CCCCCC)C(=O)OCC. The van der Waals surface area contributed by atoms with E-state index in [1.54, 1.807) is 13.8 Å². The lowest BCUT2D eigenvalue weighted by atomic mass is 10.1. The van der Waals surface area contributed by atoms with Gasteiger partial charge in [0.05, 0.1) is 13.2 Å². The molecule has 0 atom stereocenters. The molecule has 0 fully saturated rings. The van der Waals surface area contributed by atoms with Gasteiger partial charge in [-0.1, -0.05) is 39.3 Å². The van der Waals surface area contributed by atoms with Crippen LogP contribution >= 0.6 is 0 Å². The molecule has 0 radical (unpaired) electrons. The molecule has 0 saturated carbocycles. The van der Waals surface area contributed by atoms with E-state index in [2.05, 4.69) is 24.8 Å². The van der Waals surface area contributed by atoms with Crippen molar-refractivity contribution in [1.29, 1.82) is 0 Å². The van der Waals surface area contributed by atoms with Crippen LogP contribution < -0.4 is 0 Å². The number of ether oxygens (including phenoxy) is 2. The van der Waals surface area contributed by atoms with E-state index in [0.29, 0.717) is 24.4 Å². The average Bonchev–Trinajstić information content (AvgIpc) is 2.44. The zero-order chi connectivity index (χ0) is 16.7. The van der Waals surface area contributed by atoms with Crippen LogP contribution in [0.15, 0.2) is 24.3 Å². The monoisotopic (exact) mass is 298 g/mol. The smallest absolute Gasteiger partial charge is 0.333 e. The van der Waals surface area contributed by atoms with Gasteiger partial charge in [-0.15, -0.1) is 0 Å². The second-order valence-electron chi connectivity index (χ2n) is 4.64. The predicted octanol–water partition coefficient (Wildman–Crippen LogP) is 4.20. The molecule has 0 aliphatic rings. The molecular weight excluding hydrogens is 268 g/mol. The topological polar surface area (TPSA) is 52.6 Å². The number of esters is 2. The van der Waals surface area contributed by atoms with Crippen LogP contribution in [0.4, 0.5) is 0 Å². The van der Waals surface area contributed by atoms with Crippen molar-refractivity contribution in [3.05, 3.63) is 24.3 Å². The molecule has 122 valence electrons. The second-order valence-corrected chi connectivity index (χ2v) is 4.64. The number of hydrogen-bond donors (Lipinski definition) is 0. The van der Waals surface area contributed by atoms with Gasteiger partial charge in [-0.05, 0) is 33.6 Å². The Kier molecular flexibility index (Phi) is 15.3. The van der Waals surface area contributed by atoms with Crippen molar-refractivity contribution in [3.8, 4) is 0 Å². The van der Waals surface area contributed by atoms with Gasteiger partial charge in [0.2, 0.25) is 0 Å². The summed E-state index contributed by atoms with van der Waals surface area (Å²) in [7, 11) is 0. The summed E-state index contributed by atoms with van der Waals surface area (Å²) in [6.45, 7) is 15.3. The highest BCUT2D eigenvalue weighted by Crippen LogP contribution is 2.09. The van der Waals surface area contributed by atoms with Gasteiger partial charge in [0.15, 0.2) is 0 Å². The maximum Gasteiger partial charge on any atom is 0.333 e. The third kappa shape index (κ3) is 14.6. The summed E-state index contributed by atoms with van der Waals surface area (Å²) in [5.74, 6) is -0.550. The minimum Gasteiger partial charge on any atom is -0.463 e. The third-order valence-electron chi connectivity index (χ3n) is 2.52. The highest BCUT2D eigenvalue weighted by Gasteiger charge is 2.06. The van der Waals surface area contributed by atoms with Gasteiger partial charge in [-0.25, -0.2) is 9.59 Å². The quantitative estimate of drug-likeness (QED) is 0.363. The lowest BCUT2D eigenvalue weighted by Crippen LogP contribution is -2.06. The molecule has 0 amide bonds. The Morgan fingerprint density at radius 3 is 1.76 bits per heavy atom. The van der Waals surface area contributed by atoms with E-state index in [-0.39, 0.29) is 11.9 Å². The largest absolute Gasteiger partial charge is 0.463 e. The molecule has 4 nitrogen and oxygen atoms in total. The summed E-state index contributed by atoms with van der Waals surface area (Å²) >= 11 is 0. The zero-order valence-electron chi connectivity index (χ0n) is 14.0. The number of carbonyl (C=O) groups is 2. The van der Waals surface area contributed by atoms with Crippen LogP contribution in [0.1, 0.15) is 59.8 Å². The van der Waals surface area contributed by atoms with Crippen molar-refractivity contribution in [1.82, 2.24) is 0 Å². The predicted molar refractivity (Wildman–Crippen MR) is 86.0 cm³/mol. The molecule has 4 heteroatoms. The number of rotatable bonds is 9. The molecule has 0 aliphatic heterocycles. The third-order valence-corrected chi connectivity index (χ3v) is 2.52. The van der Waals surface area contributed by atoms with Crippen molar-refractivity contribution in [2.45, 2.75) is 59.8 Å². The molecule has 0 rings (SSSR count). The first-order valence-corrected chi connectivity index (χ1v) is 7.58. The Hall–Kier alpha value is -1.58. The molecule has 0 aromatic rings. The van der Waals surface area contributed by atoms with Crippen molar-refractivity contribution < 1.29 is 19.1 Å². The number of hydrogen-bond acceptors (Lipinski definition) is 4. The Balaban J connectivity index is 0. The Morgan fingerprint density at radius 1 is 0.857 bits per heavy atom. The molecule has 0 heterocycles. The summed E-state index contributed by atoms with van der Waals surface area (Å²) < 4.78 is 9.39. The molecular formula is C17H30O4. The van der Waals surface area contributed by atoms with E-state index >= 15 is 0 Å². The summed E-state index contributed by atoms with van der Waals surface area (Å²) in [6, 6.07) is 0. The van der Waals surface area contributed by atoms with Crippen LogP contribution in [0, 0.1) is 0 Å². The highest BCUT2D eigenvalue weighted by molar-refractivity contribution is 5.87. The lowest BCUT2D eigenvalue weighted by molar-refractivity contribution is -0.139. The maximum absolute atomic E-state index is 11.1. The Labute approximate surface area is 129 Å². The van der Waals surface area contributed by atoms with E-state index in [9.17, 15) is 9.59 Å². The van der Waals surface area contributed by atoms with Crippen molar-refractivity contribution in [2.24, 2.45) is 0 Å². The summed E-state index contributed by atoms with van der Waals surface area (Å²) in [4.78, 5) is 21.5. The zero-order valence-corrected chi connectivity index (χ0v) is 14.0. The standard InChI is InChI=1S/C11H20O2.C6H10O2/c1-4-6-7-8-9-10(3)11(12)13-5-2;1-4-8-6(7)5(2)3/h3-9H2,1-2H3;2,4H2,1,3H3.